The number of carbonyl (C=O) groups is 1. The number of rotatable bonds is 6. The summed E-state index contributed by atoms with van der Waals surface area (Å²) in [5.74, 6) is 0.347. The van der Waals surface area contributed by atoms with Gasteiger partial charge in [0.1, 0.15) is 29.0 Å². The van der Waals surface area contributed by atoms with Crippen LogP contribution in [-0.2, 0) is 4.79 Å². The van der Waals surface area contributed by atoms with Crippen molar-refractivity contribution in [3.05, 3.63) is 193 Å². The first-order valence-electron chi connectivity index (χ1n) is 22.3. The summed E-state index contributed by atoms with van der Waals surface area (Å²) in [6.07, 6.45) is 4.97. The van der Waals surface area contributed by atoms with Crippen molar-refractivity contribution in [3.63, 3.8) is 0 Å². The number of halogens is 1. The molecular weight excluding hydrogens is 912 g/mol. The van der Waals surface area contributed by atoms with Crippen molar-refractivity contribution in [2.45, 2.75) is 52.1 Å². The standard InChI is InChI=1S/C19H18P.C13H14N2.C12H14N2O.C12H12N2O.CH4.BrH/c1-20(17-11-5-2-6-12-17,18-13-7-3-8-14-18)19-15-9-4-10-16-19;1-11-6-8-15(9-7-11)13-4-2-12(10-14)3-5-13;2*13-9-10-1-3-11(4-2-10)14-7-5-12(15)6-8-14;;/h2-16H,1H3;2-5H,1,6-9H2;1-4,12,15H,5-8H2;1-4H,5-8H2;1H4;1H/q+1;;;;;/p-1. The first-order chi connectivity index (χ1) is 31.7. The van der Waals surface area contributed by atoms with Crippen LogP contribution >= 0.6 is 7.26 Å². The van der Waals surface area contributed by atoms with Gasteiger partial charge in [0, 0.05) is 69.2 Å². The monoisotopic (exact) mass is 972 g/mol. The molecule has 344 valence electrons. The van der Waals surface area contributed by atoms with E-state index in [2.05, 4.69) is 137 Å². The van der Waals surface area contributed by atoms with E-state index in [4.69, 9.17) is 15.8 Å². The van der Waals surface area contributed by atoms with Gasteiger partial charge in [0.25, 0.3) is 0 Å². The van der Waals surface area contributed by atoms with Crippen LogP contribution in [0.3, 0.4) is 0 Å². The molecule has 0 spiro atoms. The lowest BCUT2D eigenvalue weighted by atomic mass is 10.1. The quantitative estimate of drug-likeness (QED) is 0.138. The van der Waals surface area contributed by atoms with Gasteiger partial charge >= 0.3 is 0 Å². The van der Waals surface area contributed by atoms with E-state index in [-0.39, 0.29) is 30.5 Å². The Morgan fingerprint density at radius 3 is 1.07 bits per heavy atom. The Kier molecular flexibility index (Phi) is 21.5. The molecule has 1 N–H and O–H groups in total. The molecule has 3 heterocycles. The molecule has 0 bridgehead atoms. The molecule has 0 aromatic heterocycles. The van der Waals surface area contributed by atoms with Gasteiger partial charge < -0.3 is 36.8 Å². The highest BCUT2D eigenvalue weighted by Crippen LogP contribution is 2.51. The summed E-state index contributed by atoms with van der Waals surface area (Å²) >= 11 is 0. The summed E-state index contributed by atoms with van der Waals surface area (Å²) in [6.45, 7) is 11.9. The van der Waals surface area contributed by atoms with Crippen molar-refractivity contribution in [1.29, 1.82) is 15.8 Å². The van der Waals surface area contributed by atoms with Crippen molar-refractivity contribution < 1.29 is 26.9 Å². The summed E-state index contributed by atoms with van der Waals surface area (Å²) in [5.41, 5.74) is 6.88. The smallest absolute Gasteiger partial charge is 0.136 e. The first-order valence-corrected chi connectivity index (χ1v) is 24.6. The van der Waals surface area contributed by atoms with E-state index in [1.165, 1.54) is 27.2 Å². The number of piperidine rings is 3. The van der Waals surface area contributed by atoms with Gasteiger partial charge in [-0.3, -0.25) is 4.79 Å². The lowest BCUT2D eigenvalue weighted by Crippen LogP contribution is -3.00. The predicted molar refractivity (Wildman–Crippen MR) is 276 cm³/mol. The Morgan fingerprint density at radius 2 is 0.776 bits per heavy atom. The van der Waals surface area contributed by atoms with Crippen LogP contribution in [-0.4, -0.2) is 62.9 Å². The average Bonchev–Trinajstić information content (AvgIpc) is 3.38. The van der Waals surface area contributed by atoms with E-state index >= 15 is 0 Å². The molecule has 6 aromatic carbocycles. The van der Waals surface area contributed by atoms with Crippen LogP contribution < -0.4 is 47.6 Å². The topological polar surface area (TPSA) is 118 Å². The maximum atomic E-state index is 11.1. The number of hydrogen-bond acceptors (Lipinski definition) is 8. The Balaban J connectivity index is 0.000000195. The zero-order chi connectivity index (χ0) is 45.9. The number of hydrogen-bond donors (Lipinski definition) is 1. The highest BCUT2D eigenvalue weighted by Gasteiger charge is 2.39. The second-order valence-electron chi connectivity index (χ2n) is 16.5. The molecule has 10 heteroatoms. The van der Waals surface area contributed by atoms with Gasteiger partial charge in [-0.15, -0.1) is 0 Å². The Labute approximate surface area is 410 Å². The van der Waals surface area contributed by atoms with Crippen LogP contribution in [0.2, 0.25) is 0 Å². The summed E-state index contributed by atoms with van der Waals surface area (Å²) in [4.78, 5) is 17.8. The van der Waals surface area contributed by atoms with Gasteiger partial charge in [0.15, 0.2) is 0 Å². The third-order valence-electron chi connectivity index (χ3n) is 12.2. The van der Waals surface area contributed by atoms with Gasteiger partial charge in [0.2, 0.25) is 0 Å². The molecule has 3 aliphatic heterocycles. The first kappa shape index (κ1) is 53.1. The maximum absolute atomic E-state index is 11.1. The molecule has 8 nitrogen and oxygen atoms in total. The summed E-state index contributed by atoms with van der Waals surface area (Å²) in [5, 5.41) is 39.7. The zero-order valence-corrected chi connectivity index (χ0v) is 40.2. The van der Waals surface area contributed by atoms with E-state index in [9.17, 15) is 9.90 Å². The lowest BCUT2D eigenvalue weighted by Gasteiger charge is -2.31. The van der Waals surface area contributed by atoms with E-state index < -0.39 is 7.26 Å². The molecule has 3 saturated heterocycles. The number of benzene rings is 6. The second-order valence-corrected chi connectivity index (χ2v) is 20.0. The number of ketones is 1. The number of aliphatic hydroxyl groups is 1. The van der Waals surface area contributed by atoms with E-state index in [0.717, 1.165) is 81.9 Å². The van der Waals surface area contributed by atoms with Crippen molar-refractivity contribution >= 4 is 46.0 Å². The van der Waals surface area contributed by atoms with Gasteiger partial charge in [-0.05, 0) is 135 Å². The molecule has 67 heavy (non-hydrogen) atoms. The van der Waals surface area contributed by atoms with Crippen LogP contribution in [0.25, 0.3) is 0 Å². The summed E-state index contributed by atoms with van der Waals surface area (Å²) in [6, 6.07) is 61.9. The zero-order valence-electron chi connectivity index (χ0n) is 37.7. The number of Topliss-reactive ketones (excluding diaryl/α,β-unsaturated/α-hetero) is 1. The molecule has 9 rings (SSSR count). The average molecular weight is 974 g/mol. The number of anilines is 3. The van der Waals surface area contributed by atoms with E-state index in [1.54, 1.807) is 0 Å². The molecule has 0 aliphatic carbocycles. The summed E-state index contributed by atoms with van der Waals surface area (Å²) < 4.78 is 0. The minimum Gasteiger partial charge on any atom is -1.00 e. The second kappa shape index (κ2) is 27.2. The third-order valence-corrected chi connectivity index (χ3v) is 16.2. The van der Waals surface area contributed by atoms with E-state index in [1.807, 2.05) is 72.8 Å². The minimum absolute atomic E-state index is 0. The molecule has 0 amide bonds. The molecule has 0 atom stereocenters. The van der Waals surface area contributed by atoms with Crippen LogP contribution in [0, 0.1) is 34.0 Å². The van der Waals surface area contributed by atoms with Gasteiger partial charge in [-0.25, -0.2) is 0 Å². The van der Waals surface area contributed by atoms with Gasteiger partial charge in [-0.2, -0.15) is 15.8 Å². The van der Waals surface area contributed by atoms with Crippen molar-refractivity contribution in [1.82, 2.24) is 0 Å². The van der Waals surface area contributed by atoms with Crippen molar-refractivity contribution in [2.75, 3.05) is 60.6 Å². The van der Waals surface area contributed by atoms with E-state index in [0.29, 0.717) is 29.8 Å². The normalized spacial score (nSPS) is 14.5. The Hall–Kier alpha value is -6.53. The third kappa shape index (κ3) is 15.3. The predicted octanol–water partition coefficient (Wildman–Crippen LogP) is 7.21. The molecule has 3 aliphatic rings. The maximum Gasteiger partial charge on any atom is 0.136 e. The van der Waals surface area contributed by atoms with Crippen LogP contribution in [0.4, 0.5) is 17.1 Å². The SMILES string of the molecule is C.C=C1CCN(c2ccc(C#N)cc2)CC1.C[P+](c1ccccc1)(c1ccccc1)c1ccccc1.N#Cc1ccc(N2CCC(=O)CC2)cc1.N#Cc1ccc(N2CCC(O)CC2)cc1.[Br-]. The highest BCUT2D eigenvalue weighted by atomic mass is 79.9. The molecular formula is C57H62BrN6O2P. The van der Waals surface area contributed by atoms with Crippen LogP contribution in [0.5, 0.6) is 0 Å². The van der Waals surface area contributed by atoms with Crippen LogP contribution in [0.1, 0.15) is 62.6 Å². The number of nitriles is 3. The fraction of sp³-hybridized carbons (Fsp3) is 0.263. The fourth-order valence-electron chi connectivity index (χ4n) is 8.09. The lowest BCUT2D eigenvalue weighted by molar-refractivity contribution is -0.119. The summed E-state index contributed by atoms with van der Waals surface area (Å²) in [7, 11) is -1.53. The van der Waals surface area contributed by atoms with Crippen LogP contribution in [0.15, 0.2) is 176 Å². The minimum atomic E-state index is -1.53. The Morgan fingerprint density at radius 1 is 0.493 bits per heavy atom. The molecule has 3 fully saturated rings. The number of nitrogens with zero attached hydrogens (tertiary/aromatic N) is 6. The number of carbonyl (C=O) groups excluding carboxylic acids is 1. The van der Waals surface area contributed by atoms with Crippen molar-refractivity contribution in [2.24, 2.45) is 0 Å². The largest absolute Gasteiger partial charge is 1.00 e. The Bertz CT molecular complexity index is 2350. The molecule has 6 aromatic rings. The van der Waals surface area contributed by atoms with Gasteiger partial charge in [-0.1, -0.05) is 74.2 Å². The highest BCUT2D eigenvalue weighted by molar-refractivity contribution is 7.95. The molecule has 0 radical (unpaired) electrons. The van der Waals surface area contributed by atoms with Gasteiger partial charge in [0.05, 0.1) is 47.7 Å². The van der Waals surface area contributed by atoms with Crippen molar-refractivity contribution in [3.8, 4) is 18.2 Å². The molecule has 0 saturated carbocycles. The number of aliphatic hydroxyl groups excluding tert-OH is 1. The fourth-order valence-corrected chi connectivity index (χ4v) is 11.3. The molecule has 0 unspecified atom stereocenters.